The number of aryl methyl sites for hydroxylation is 1. The van der Waals surface area contributed by atoms with Crippen molar-refractivity contribution in [2.45, 2.75) is 13.5 Å². The van der Waals surface area contributed by atoms with Gasteiger partial charge in [0.2, 0.25) is 0 Å². The SMILES string of the molecule is Cc1ccc(/C=C/c2nc3ccccc3n2CC(=O)O)cc1. The van der Waals surface area contributed by atoms with Crippen molar-refractivity contribution in [3.8, 4) is 0 Å². The quantitative estimate of drug-likeness (QED) is 0.799. The van der Waals surface area contributed by atoms with E-state index >= 15 is 0 Å². The number of aliphatic carboxylic acids is 1. The van der Waals surface area contributed by atoms with Gasteiger partial charge in [0.05, 0.1) is 11.0 Å². The average Bonchev–Trinajstić information content (AvgIpc) is 2.84. The van der Waals surface area contributed by atoms with Crippen molar-refractivity contribution in [3.63, 3.8) is 0 Å². The van der Waals surface area contributed by atoms with Gasteiger partial charge in [-0.1, -0.05) is 48.0 Å². The third-order valence-corrected chi connectivity index (χ3v) is 3.48. The molecule has 0 saturated heterocycles. The maximum atomic E-state index is 11.1. The van der Waals surface area contributed by atoms with Crippen molar-refractivity contribution >= 4 is 29.2 Å². The van der Waals surface area contributed by atoms with Gasteiger partial charge in [0.25, 0.3) is 0 Å². The van der Waals surface area contributed by atoms with Gasteiger partial charge in [0.15, 0.2) is 0 Å². The molecule has 22 heavy (non-hydrogen) atoms. The molecule has 4 nitrogen and oxygen atoms in total. The first-order chi connectivity index (χ1) is 10.6. The highest BCUT2D eigenvalue weighted by molar-refractivity contribution is 5.81. The van der Waals surface area contributed by atoms with Crippen molar-refractivity contribution in [3.05, 3.63) is 65.5 Å². The maximum absolute atomic E-state index is 11.1. The molecule has 1 N–H and O–H groups in total. The first-order valence-electron chi connectivity index (χ1n) is 7.05. The first kappa shape index (κ1) is 14.1. The Bertz CT molecular complexity index is 845. The van der Waals surface area contributed by atoms with E-state index in [1.54, 1.807) is 4.57 Å². The third kappa shape index (κ3) is 2.91. The molecule has 0 aliphatic rings. The summed E-state index contributed by atoms with van der Waals surface area (Å²) >= 11 is 0. The number of imidazole rings is 1. The molecule has 0 amide bonds. The topological polar surface area (TPSA) is 55.1 Å². The number of carboxylic acid groups (broad SMARTS) is 1. The van der Waals surface area contributed by atoms with Gasteiger partial charge in [0, 0.05) is 0 Å². The molecule has 110 valence electrons. The molecule has 0 unspecified atom stereocenters. The summed E-state index contributed by atoms with van der Waals surface area (Å²) in [7, 11) is 0. The number of benzene rings is 2. The lowest BCUT2D eigenvalue weighted by Crippen LogP contribution is -2.10. The highest BCUT2D eigenvalue weighted by Gasteiger charge is 2.10. The summed E-state index contributed by atoms with van der Waals surface area (Å²) in [6, 6.07) is 15.7. The predicted molar refractivity (Wildman–Crippen MR) is 87.5 cm³/mol. The second-order valence-corrected chi connectivity index (χ2v) is 5.18. The molecule has 0 radical (unpaired) electrons. The molecule has 0 atom stereocenters. The summed E-state index contributed by atoms with van der Waals surface area (Å²) in [5, 5.41) is 9.11. The fraction of sp³-hybridized carbons (Fsp3) is 0.111. The van der Waals surface area contributed by atoms with E-state index in [0.29, 0.717) is 5.82 Å². The Morgan fingerprint density at radius 3 is 2.59 bits per heavy atom. The monoisotopic (exact) mass is 292 g/mol. The van der Waals surface area contributed by atoms with Crippen LogP contribution in [0.2, 0.25) is 0 Å². The van der Waals surface area contributed by atoms with Crippen LogP contribution < -0.4 is 0 Å². The number of carbonyl (C=O) groups is 1. The minimum atomic E-state index is -0.881. The Morgan fingerprint density at radius 2 is 1.86 bits per heavy atom. The van der Waals surface area contributed by atoms with Gasteiger partial charge in [-0.2, -0.15) is 0 Å². The molecule has 0 saturated carbocycles. The summed E-state index contributed by atoms with van der Waals surface area (Å²) in [6.45, 7) is 1.94. The zero-order valence-corrected chi connectivity index (χ0v) is 12.2. The lowest BCUT2D eigenvalue weighted by Gasteiger charge is -2.03. The van der Waals surface area contributed by atoms with Crippen LogP contribution in [0.15, 0.2) is 48.5 Å². The number of hydrogen-bond acceptors (Lipinski definition) is 2. The molecule has 4 heteroatoms. The first-order valence-corrected chi connectivity index (χ1v) is 7.05. The van der Waals surface area contributed by atoms with Crippen molar-refractivity contribution in [1.29, 1.82) is 0 Å². The fourth-order valence-corrected chi connectivity index (χ4v) is 2.37. The Morgan fingerprint density at radius 1 is 1.14 bits per heavy atom. The molecule has 0 fully saturated rings. The van der Waals surface area contributed by atoms with E-state index in [9.17, 15) is 4.79 Å². The molecular formula is C18H16N2O2. The fourth-order valence-electron chi connectivity index (χ4n) is 2.37. The highest BCUT2D eigenvalue weighted by atomic mass is 16.4. The van der Waals surface area contributed by atoms with Crippen molar-refractivity contribution in [2.24, 2.45) is 0 Å². The smallest absolute Gasteiger partial charge is 0.323 e. The number of para-hydroxylation sites is 2. The van der Waals surface area contributed by atoms with Crippen molar-refractivity contribution < 1.29 is 9.90 Å². The lowest BCUT2D eigenvalue weighted by atomic mass is 10.1. The van der Waals surface area contributed by atoms with Crippen LogP contribution in [-0.2, 0) is 11.3 Å². The molecule has 3 aromatic rings. The number of aromatic nitrogens is 2. The standard InChI is InChI=1S/C18H16N2O2/c1-13-6-8-14(9-7-13)10-11-17-19-15-4-2-3-5-16(15)20(17)12-18(21)22/h2-11H,12H2,1H3,(H,21,22)/b11-10+. The van der Waals surface area contributed by atoms with E-state index in [1.165, 1.54) is 5.56 Å². The van der Waals surface area contributed by atoms with E-state index in [-0.39, 0.29) is 6.54 Å². The number of carboxylic acids is 1. The van der Waals surface area contributed by atoms with Crippen LogP contribution in [0.1, 0.15) is 17.0 Å². The second-order valence-electron chi connectivity index (χ2n) is 5.18. The lowest BCUT2D eigenvalue weighted by molar-refractivity contribution is -0.137. The summed E-state index contributed by atoms with van der Waals surface area (Å²) in [6.07, 6.45) is 3.80. The van der Waals surface area contributed by atoms with Gasteiger partial charge in [-0.3, -0.25) is 4.79 Å². The largest absolute Gasteiger partial charge is 0.480 e. The zero-order chi connectivity index (χ0) is 15.5. The van der Waals surface area contributed by atoms with Crippen LogP contribution in [0.5, 0.6) is 0 Å². The highest BCUT2D eigenvalue weighted by Crippen LogP contribution is 2.18. The van der Waals surface area contributed by atoms with Crippen LogP contribution in [-0.4, -0.2) is 20.6 Å². The van der Waals surface area contributed by atoms with Gasteiger partial charge < -0.3 is 9.67 Å². The van der Waals surface area contributed by atoms with Gasteiger partial charge in [0.1, 0.15) is 12.4 Å². The van der Waals surface area contributed by atoms with Crippen LogP contribution in [0.3, 0.4) is 0 Å². The summed E-state index contributed by atoms with van der Waals surface area (Å²) in [5.74, 6) is -0.239. The molecule has 0 spiro atoms. The second kappa shape index (κ2) is 5.85. The Kier molecular flexibility index (Phi) is 3.74. The van der Waals surface area contributed by atoms with Gasteiger partial charge in [-0.25, -0.2) is 4.98 Å². The van der Waals surface area contributed by atoms with Crippen LogP contribution in [0.25, 0.3) is 23.2 Å². The molecule has 2 aromatic carbocycles. The normalized spacial score (nSPS) is 11.3. The minimum Gasteiger partial charge on any atom is -0.480 e. The van der Waals surface area contributed by atoms with E-state index in [0.717, 1.165) is 16.6 Å². The maximum Gasteiger partial charge on any atom is 0.323 e. The molecule has 1 aromatic heterocycles. The Hall–Kier alpha value is -2.88. The number of hydrogen-bond donors (Lipinski definition) is 1. The average molecular weight is 292 g/mol. The van der Waals surface area contributed by atoms with E-state index in [2.05, 4.69) is 4.98 Å². The van der Waals surface area contributed by atoms with Gasteiger partial charge >= 0.3 is 5.97 Å². The van der Waals surface area contributed by atoms with E-state index in [1.807, 2.05) is 67.6 Å². The van der Waals surface area contributed by atoms with Crippen LogP contribution in [0.4, 0.5) is 0 Å². The number of nitrogens with zero attached hydrogens (tertiary/aromatic N) is 2. The third-order valence-electron chi connectivity index (χ3n) is 3.48. The summed E-state index contributed by atoms with van der Waals surface area (Å²) < 4.78 is 1.71. The number of rotatable bonds is 4. The predicted octanol–water partition coefficient (Wildman–Crippen LogP) is 3.60. The van der Waals surface area contributed by atoms with Crippen LogP contribution >= 0.6 is 0 Å². The minimum absolute atomic E-state index is 0.103. The summed E-state index contributed by atoms with van der Waals surface area (Å²) in [5.41, 5.74) is 3.88. The molecule has 3 rings (SSSR count). The zero-order valence-electron chi connectivity index (χ0n) is 12.2. The van der Waals surface area contributed by atoms with E-state index in [4.69, 9.17) is 5.11 Å². The Labute approximate surface area is 128 Å². The molecule has 0 aliphatic carbocycles. The molecule has 0 bridgehead atoms. The van der Waals surface area contributed by atoms with Crippen molar-refractivity contribution in [2.75, 3.05) is 0 Å². The summed E-state index contributed by atoms with van der Waals surface area (Å²) in [4.78, 5) is 15.6. The molecule has 1 heterocycles. The molecule has 0 aliphatic heterocycles. The van der Waals surface area contributed by atoms with Gasteiger partial charge in [-0.15, -0.1) is 0 Å². The van der Waals surface area contributed by atoms with Crippen LogP contribution in [0, 0.1) is 6.92 Å². The Balaban J connectivity index is 2.01. The molecular weight excluding hydrogens is 276 g/mol. The van der Waals surface area contributed by atoms with Gasteiger partial charge in [-0.05, 0) is 30.7 Å². The number of fused-ring (bicyclic) bond motifs is 1. The van der Waals surface area contributed by atoms with Crippen molar-refractivity contribution in [1.82, 2.24) is 9.55 Å². The van der Waals surface area contributed by atoms with E-state index < -0.39 is 5.97 Å².